The Morgan fingerprint density at radius 1 is 1.41 bits per heavy atom. The third kappa shape index (κ3) is 4.10. The highest BCUT2D eigenvalue weighted by Crippen LogP contribution is 2.62. The van der Waals surface area contributed by atoms with E-state index in [1.165, 1.54) is 12.5 Å². The molecule has 1 N–H and O–H groups in total. The number of aliphatic hydroxyl groups excluding tert-OH is 1. The van der Waals surface area contributed by atoms with Crippen LogP contribution in [0.1, 0.15) is 72.1 Å². The first-order chi connectivity index (χ1) is 13.8. The first-order valence-electron chi connectivity index (χ1n) is 10.8. The Hall–Kier alpha value is -1.42. The SMILES string of the molecule is C#CCC(O)[C@@]1(C)CC[C@H]2[C@@H](CC=C3CC(OC(C)=O)CC[C@@]32C)C1CC#CCl. The topological polar surface area (TPSA) is 46.5 Å². The number of ether oxygens (including phenoxy) is 1. The van der Waals surface area contributed by atoms with Crippen LogP contribution in [-0.2, 0) is 9.53 Å². The van der Waals surface area contributed by atoms with E-state index in [1.807, 2.05) is 0 Å². The van der Waals surface area contributed by atoms with Gasteiger partial charge in [0.25, 0.3) is 0 Å². The Balaban J connectivity index is 1.90. The number of terminal acetylenes is 1. The molecule has 0 aliphatic heterocycles. The van der Waals surface area contributed by atoms with E-state index in [2.05, 4.69) is 37.1 Å². The van der Waals surface area contributed by atoms with E-state index in [0.29, 0.717) is 24.7 Å². The Morgan fingerprint density at radius 3 is 2.83 bits per heavy atom. The molecule has 3 aliphatic rings. The van der Waals surface area contributed by atoms with Crippen LogP contribution in [0.4, 0.5) is 0 Å². The van der Waals surface area contributed by atoms with E-state index in [1.54, 1.807) is 0 Å². The summed E-state index contributed by atoms with van der Waals surface area (Å²) in [6, 6.07) is 0. The predicted octanol–water partition coefficient (Wildman–Crippen LogP) is 5.06. The molecule has 0 saturated heterocycles. The van der Waals surface area contributed by atoms with E-state index < -0.39 is 6.10 Å². The van der Waals surface area contributed by atoms with Crippen molar-refractivity contribution in [1.29, 1.82) is 0 Å². The Kier molecular flexibility index (Phi) is 6.72. The van der Waals surface area contributed by atoms with Crippen molar-refractivity contribution in [3.05, 3.63) is 11.6 Å². The number of esters is 1. The molecule has 3 nitrogen and oxygen atoms in total. The highest BCUT2D eigenvalue weighted by atomic mass is 35.5. The first kappa shape index (κ1) is 22.3. The number of fused-ring (bicyclic) bond motifs is 3. The lowest BCUT2D eigenvalue weighted by Gasteiger charge is -2.59. The lowest BCUT2D eigenvalue weighted by Crippen LogP contribution is -2.54. The van der Waals surface area contributed by atoms with Gasteiger partial charge in [0, 0.05) is 31.6 Å². The summed E-state index contributed by atoms with van der Waals surface area (Å²) in [5.74, 6) is 6.81. The summed E-state index contributed by atoms with van der Waals surface area (Å²) in [4.78, 5) is 11.4. The summed E-state index contributed by atoms with van der Waals surface area (Å²) in [5, 5.41) is 13.5. The highest BCUT2D eigenvalue weighted by molar-refractivity contribution is 6.30. The van der Waals surface area contributed by atoms with Gasteiger partial charge in [0.1, 0.15) is 6.10 Å². The zero-order chi connectivity index (χ0) is 21.2. The standard InChI is InChI=1S/C25H33ClO3/c1-5-7-23(28)25(4)14-12-22-20(21(25)8-6-15-26)10-9-18-16-19(29-17(2)27)11-13-24(18,22)3/h1,9,19-23,28H,7-8,10-14,16H2,2-4H3/t19?,20-,21?,22-,23?,24-,25-/m0/s1. The van der Waals surface area contributed by atoms with E-state index in [-0.39, 0.29) is 28.8 Å². The van der Waals surface area contributed by atoms with Crippen LogP contribution >= 0.6 is 11.6 Å². The monoisotopic (exact) mass is 416 g/mol. The van der Waals surface area contributed by atoms with Gasteiger partial charge in [-0.2, -0.15) is 0 Å². The molecule has 0 aromatic carbocycles. The third-order valence-corrected chi connectivity index (χ3v) is 8.42. The fraction of sp³-hybridized carbons (Fsp3) is 0.720. The molecule has 4 heteroatoms. The number of allylic oxidation sites excluding steroid dienone is 1. The molecule has 0 aromatic rings. The van der Waals surface area contributed by atoms with Crippen molar-refractivity contribution in [2.45, 2.75) is 84.3 Å². The normalized spacial score (nSPS) is 39.5. The maximum absolute atomic E-state index is 11.4. The van der Waals surface area contributed by atoms with Gasteiger partial charge in [0.05, 0.1) is 6.10 Å². The lowest BCUT2D eigenvalue weighted by atomic mass is 9.46. The molecule has 158 valence electrons. The van der Waals surface area contributed by atoms with Gasteiger partial charge < -0.3 is 9.84 Å². The number of rotatable bonds is 4. The van der Waals surface area contributed by atoms with Crippen LogP contribution < -0.4 is 0 Å². The van der Waals surface area contributed by atoms with Gasteiger partial charge in [0.2, 0.25) is 0 Å². The molecular weight excluding hydrogens is 384 g/mol. The van der Waals surface area contributed by atoms with Gasteiger partial charge in [-0.3, -0.25) is 4.79 Å². The number of carbonyl (C=O) groups excluding carboxylic acids is 1. The van der Waals surface area contributed by atoms with Gasteiger partial charge in [-0.05, 0) is 72.3 Å². The van der Waals surface area contributed by atoms with Gasteiger partial charge in [0.15, 0.2) is 0 Å². The minimum absolute atomic E-state index is 0.00703. The average Bonchev–Trinajstić information content (AvgIpc) is 2.67. The zero-order valence-corrected chi connectivity index (χ0v) is 18.6. The van der Waals surface area contributed by atoms with Crippen LogP contribution in [0.25, 0.3) is 0 Å². The average molecular weight is 417 g/mol. The molecule has 7 atom stereocenters. The Morgan fingerprint density at radius 2 is 2.17 bits per heavy atom. The Bertz CT molecular complexity index is 769. The van der Waals surface area contributed by atoms with E-state index in [9.17, 15) is 9.90 Å². The van der Waals surface area contributed by atoms with E-state index in [0.717, 1.165) is 38.5 Å². The van der Waals surface area contributed by atoms with Crippen LogP contribution in [0.3, 0.4) is 0 Å². The molecule has 0 bridgehead atoms. The van der Waals surface area contributed by atoms with E-state index >= 15 is 0 Å². The molecule has 2 saturated carbocycles. The second kappa shape index (κ2) is 8.75. The zero-order valence-electron chi connectivity index (χ0n) is 17.8. The van der Waals surface area contributed by atoms with Crippen molar-refractivity contribution in [1.82, 2.24) is 0 Å². The van der Waals surface area contributed by atoms with Crippen molar-refractivity contribution >= 4 is 17.6 Å². The molecule has 29 heavy (non-hydrogen) atoms. The second-order valence-corrected chi connectivity index (χ2v) is 9.87. The fourth-order valence-corrected chi connectivity index (χ4v) is 6.68. The molecule has 3 rings (SSSR count). The van der Waals surface area contributed by atoms with Crippen molar-refractivity contribution in [2.75, 3.05) is 0 Å². The second-order valence-electron chi connectivity index (χ2n) is 9.68. The minimum atomic E-state index is -0.520. The maximum Gasteiger partial charge on any atom is 0.302 e. The quantitative estimate of drug-likeness (QED) is 0.395. The number of halogens is 1. The predicted molar refractivity (Wildman–Crippen MR) is 116 cm³/mol. The van der Waals surface area contributed by atoms with Crippen LogP contribution in [-0.4, -0.2) is 23.3 Å². The molecule has 0 heterocycles. The van der Waals surface area contributed by atoms with Crippen LogP contribution in [0, 0.1) is 52.2 Å². The van der Waals surface area contributed by atoms with Crippen molar-refractivity contribution < 1.29 is 14.6 Å². The summed E-state index contributed by atoms with van der Waals surface area (Å²) in [6.45, 7) is 6.07. The van der Waals surface area contributed by atoms with E-state index in [4.69, 9.17) is 22.8 Å². The van der Waals surface area contributed by atoms with Gasteiger partial charge in [-0.1, -0.05) is 31.4 Å². The first-order valence-corrected chi connectivity index (χ1v) is 11.2. The lowest BCUT2D eigenvalue weighted by molar-refractivity contribution is -0.149. The summed E-state index contributed by atoms with van der Waals surface area (Å²) >= 11 is 5.72. The number of aliphatic hydroxyl groups is 1. The summed E-state index contributed by atoms with van der Waals surface area (Å²) in [5.41, 5.74) is 1.33. The van der Waals surface area contributed by atoms with Crippen LogP contribution in [0.5, 0.6) is 0 Å². The number of carbonyl (C=O) groups is 1. The fourth-order valence-electron chi connectivity index (χ4n) is 6.60. The minimum Gasteiger partial charge on any atom is -0.462 e. The smallest absolute Gasteiger partial charge is 0.302 e. The molecule has 2 fully saturated rings. The molecule has 0 aromatic heterocycles. The summed E-state index contributed by atoms with van der Waals surface area (Å²) < 4.78 is 5.52. The molecule has 3 aliphatic carbocycles. The van der Waals surface area contributed by atoms with Crippen molar-refractivity contribution in [3.8, 4) is 23.6 Å². The van der Waals surface area contributed by atoms with Gasteiger partial charge in [-0.25, -0.2) is 0 Å². The number of hydrogen-bond donors (Lipinski definition) is 1. The highest BCUT2D eigenvalue weighted by Gasteiger charge is 2.56. The third-order valence-electron chi connectivity index (χ3n) is 8.29. The van der Waals surface area contributed by atoms with Crippen molar-refractivity contribution in [2.24, 2.45) is 28.6 Å². The molecule has 3 unspecified atom stereocenters. The molecule has 0 amide bonds. The van der Waals surface area contributed by atoms with Gasteiger partial charge >= 0.3 is 5.97 Å². The molecule has 0 spiro atoms. The summed E-state index contributed by atoms with van der Waals surface area (Å²) in [7, 11) is 0. The number of hydrogen-bond acceptors (Lipinski definition) is 3. The largest absolute Gasteiger partial charge is 0.462 e. The maximum atomic E-state index is 11.4. The van der Waals surface area contributed by atoms with Crippen molar-refractivity contribution in [3.63, 3.8) is 0 Å². The van der Waals surface area contributed by atoms with Crippen LogP contribution in [0.2, 0.25) is 0 Å². The summed E-state index contributed by atoms with van der Waals surface area (Å²) in [6.07, 6.45) is 14.3. The Labute approximate surface area is 180 Å². The van der Waals surface area contributed by atoms with Gasteiger partial charge in [-0.15, -0.1) is 12.3 Å². The molecule has 0 radical (unpaired) electrons. The van der Waals surface area contributed by atoms with Crippen LogP contribution in [0.15, 0.2) is 11.6 Å². The molecular formula is C25H33ClO3.